The van der Waals surface area contributed by atoms with Gasteiger partial charge >= 0.3 is 0 Å². The van der Waals surface area contributed by atoms with E-state index < -0.39 is 9.84 Å². The van der Waals surface area contributed by atoms with E-state index in [1.54, 1.807) is 18.8 Å². The van der Waals surface area contributed by atoms with E-state index in [2.05, 4.69) is 35.7 Å². The van der Waals surface area contributed by atoms with E-state index in [0.717, 1.165) is 6.54 Å². The fourth-order valence-electron chi connectivity index (χ4n) is 1.26. The summed E-state index contributed by atoms with van der Waals surface area (Å²) in [4.78, 5) is 4.15. The zero-order valence-electron chi connectivity index (χ0n) is 12.8. The van der Waals surface area contributed by atoms with E-state index in [1.165, 1.54) is 6.26 Å². The average molecular weight is 310 g/mol. The van der Waals surface area contributed by atoms with Gasteiger partial charge in [0.05, 0.1) is 5.75 Å². The average Bonchev–Trinajstić information content (AvgIpc) is 2.31. The summed E-state index contributed by atoms with van der Waals surface area (Å²) in [7, 11) is -1.19. The normalized spacial score (nSPS) is 15.2. The van der Waals surface area contributed by atoms with E-state index in [9.17, 15) is 8.42 Å². The van der Waals surface area contributed by atoms with Gasteiger partial charge < -0.3 is 10.6 Å². The third kappa shape index (κ3) is 10.1. The molecule has 0 rings (SSSR count). The SMILES string of the molecule is CN=C(NCC(C)(C)SC)NC(C)CCS(C)(=O)=O. The molecule has 0 aliphatic rings. The zero-order valence-corrected chi connectivity index (χ0v) is 14.4. The summed E-state index contributed by atoms with van der Waals surface area (Å²) in [5, 5.41) is 6.46. The molecule has 2 N–H and O–H groups in total. The van der Waals surface area contributed by atoms with Crippen LogP contribution in [0.3, 0.4) is 0 Å². The van der Waals surface area contributed by atoms with Gasteiger partial charge in [-0.3, -0.25) is 4.99 Å². The summed E-state index contributed by atoms with van der Waals surface area (Å²) in [6.07, 6.45) is 3.91. The molecule has 19 heavy (non-hydrogen) atoms. The van der Waals surface area contributed by atoms with E-state index in [0.29, 0.717) is 12.4 Å². The van der Waals surface area contributed by atoms with Gasteiger partial charge in [0.15, 0.2) is 5.96 Å². The molecule has 0 aromatic heterocycles. The number of thioether (sulfide) groups is 1. The second-order valence-corrected chi connectivity index (χ2v) is 9.13. The standard InChI is InChI=1S/C12H27N3O2S2/c1-10(7-8-19(6,16)17)15-11(13-4)14-9-12(2,3)18-5/h10H,7-9H2,1-6H3,(H2,13,14,15). The number of hydrogen-bond donors (Lipinski definition) is 2. The molecule has 0 aliphatic heterocycles. The Bertz CT molecular complexity index is 392. The molecule has 0 aromatic carbocycles. The van der Waals surface area contributed by atoms with Crippen molar-refractivity contribution in [3.63, 3.8) is 0 Å². The van der Waals surface area contributed by atoms with E-state index in [4.69, 9.17) is 0 Å². The first kappa shape index (κ1) is 18.6. The summed E-state index contributed by atoms with van der Waals surface area (Å²) in [5.41, 5.74) is 0. The Kier molecular flexibility index (Phi) is 7.81. The van der Waals surface area contributed by atoms with Crippen molar-refractivity contribution in [2.24, 2.45) is 4.99 Å². The third-order valence-electron chi connectivity index (χ3n) is 2.76. The van der Waals surface area contributed by atoms with Gasteiger partial charge in [0.1, 0.15) is 9.84 Å². The van der Waals surface area contributed by atoms with Crippen LogP contribution in [0.2, 0.25) is 0 Å². The van der Waals surface area contributed by atoms with Crippen LogP contribution in [-0.4, -0.2) is 57.0 Å². The third-order valence-corrected chi connectivity index (χ3v) is 4.99. The minimum atomic E-state index is -2.90. The first-order chi connectivity index (χ1) is 8.59. The van der Waals surface area contributed by atoms with Crippen LogP contribution in [0, 0.1) is 0 Å². The number of hydrogen-bond acceptors (Lipinski definition) is 4. The topological polar surface area (TPSA) is 70.6 Å². The van der Waals surface area contributed by atoms with Gasteiger partial charge in [-0.25, -0.2) is 8.42 Å². The van der Waals surface area contributed by atoms with Crippen LogP contribution >= 0.6 is 11.8 Å². The molecule has 114 valence electrons. The van der Waals surface area contributed by atoms with Crippen molar-refractivity contribution in [3.8, 4) is 0 Å². The van der Waals surface area contributed by atoms with Crippen molar-refractivity contribution in [1.29, 1.82) is 0 Å². The van der Waals surface area contributed by atoms with Crippen molar-refractivity contribution in [2.45, 2.75) is 38.0 Å². The lowest BCUT2D eigenvalue weighted by molar-refractivity contribution is 0.578. The van der Waals surface area contributed by atoms with Gasteiger partial charge in [-0.15, -0.1) is 0 Å². The van der Waals surface area contributed by atoms with Crippen molar-refractivity contribution < 1.29 is 8.42 Å². The summed E-state index contributed by atoms with van der Waals surface area (Å²) < 4.78 is 22.4. The van der Waals surface area contributed by atoms with E-state index >= 15 is 0 Å². The second-order valence-electron chi connectivity index (χ2n) is 5.35. The van der Waals surface area contributed by atoms with Gasteiger partial charge in [0, 0.05) is 30.6 Å². The highest BCUT2D eigenvalue weighted by Crippen LogP contribution is 2.19. The Balaban J connectivity index is 4.20. The van der Waals surface area contributed by atoms with Gasteiger partial charge in [-0.05, 0) is 33.4 Å². The molecule has 0 spiro atoms. The minimum absolute atomic E-state index is 0.0679. The molecule has 0 fully saturated rings. The lowest BCUT2D eigenvalue weighted by atomic mass is 10.2. The minimum Gasteiger partial charge on any atom is -0.355 e. The van der Waals surface area contributed by atoms with Crippen molar-refractivity contribution in [2.75, 3.05) is 31.9 Å². The molecule has 5 nitrogen and oxygen atoms in total. The number of nitrogens with zero attached hydrogens (tertiary/aromatic N) is 1. The Labute approximate surface area is 121 Å². The highest BCUT2D eigenvalue weighted by molar-refractivity contribution is 7.99. The van der Waals surface area contributed by atoms with Crippen LogP contribution in [0.5, 0.6) is 0 Å². The molecule has 0 radical (unpaired) electrons. The first-order valence-corrected chi connectivity index (χ1v) is 9.58. The lowest BCUT2D eigenvalue weighted by Gasteiger charge is -2.25. The smallest absolute Gasteiger partial charge is 0.191 e. The number of nitrogens with one attached hydrogen (secondary N) is 2. The highest BCUT2D eigenvalue weighted by Gasteiger charge is 2.17. The summed E-state index contributed by atoms with van der Waals surface area (Å²) in [6.45, 7) is 7.07. The van der Waals surface area contributed by atoms with Crippen LogP contribution < -0.4 is 10.6 Å². The Morgan fingerprint density at radius 1 is 1.42 bits per heavy atom. The molecule has 1 unspecified atom stereocenters. The molecule has 0 saturated heterocycles. The van der Waals surface area contributed by atoms with E-state index in [-0.39, 0.29) is 16.5 Å². The van der Waals surface area contributed by atoms with Gasteiger partial charge in [0.25, 0.3) is 0 Å². The number of guanidine groups is 1. The molecule has 0 amide bonds. The molecule has 0 aliphatic carbocycles. The van der Waals surface area contributed by atoms with Gasteiger partial charge in [0.2, 0.25) is 0 Å². The lowest BCUT2D eigenvalue weighted by Crippen LogP contribution is -2.46. The fraction of sp³-hybridized carbons (Fsp3) is 0.917. The maximum atomic E-state index is 11.1. The number of sulfone groups is 1. The van der Waals surface area contributed by atoms with Gasteiger partial charge in [-0.2, -0.15) is 11.8 Å². The number of rotatable bonds is 7. The number of aliphatic imine (C=N–C) groups is 1. The Morgan fingerprint density at radius 3 is 2.42 bits per heavy atom. The van der Waals surface area contributed by atoms with Gasteiger partial charge in [-0.1, -0.05) is 0 Å². The van der Waals surface area contributed by atoms with E-state index in [1.807, 2.05) is 6.92 Å². The fourth-order valence-corrected chi connectivity index (χ4v) is 2.26. The zero-order chi connectivity index (χ0) is 15.1. The highest BCUT2D eigenvalue weighted by atomic mass is 32.2. The van der Waals surface area contributed by atoms with Crippen LogP contribution in [-0.2, 0) is 9.84 Å². The van der Waals surface area contributed by atoms with Crippen LogP contribution in [0.4, 0.5) is 0 Å². The second kappa shape index (κ2) is 7.99. The monoisotopic (exact) mass is 309 g/mol. The molecule has 0 heterocycles. The maximum absolute atomic E-state index is 11.1. The quantitative estimate of drug-likeness (QED) is 0.545. The van der Waals surface area contributed by atoms with Crippen LogP contribution in [0.15, 0.2) is 4.99 Å². The molecular weight excluding hydrogens is 282 g/mol. The molecule has 1 atom stereocenters. The molecule has 7 heteroatoms. The van der Waals surface area contributed by atoms with Crippen LogP contribution in [0.25, 0.3) is 0 Å². The Hall–Kier alpha value is -0.430. The summed E-state index contributed by atoms with van der Waals surface area (Å²) in [5.74, 6) is 0.900. The largest absolute Gasteiger partial charge is 0.355 e. The maximum Gasteiger partial charge on any atom is 0.191 e. The molecule has 0 saturated carbocycles. The van der Waals surface area contributed by atoms with Crippen LogP contribution in [0.1, 0.15) is 27.2 Å². The first-order valence-electron chi connectivity index (χ1n) is 6.29. The molecule has 0 bridgehead atoms. The van der Waals surface area contributed by atoms with Crippen molar-refractivity contribution in [1.82, 2.24) is 10.6 Å². The molecular formula is C12H27N3O2S2. The predicted octanol–water partition coefficient (Wildman–Crippen LogP) is 1.12. The predicted molar refractivity (Wildman–Crippen MR) is 85.9 cm³/mol. The summed E-state index contributed by atoms with van der Waals surface area (Å²) in [6, 6.07) is 0.0679. The summed E-state index contributed by atoms with van der Waals surface area (Å²) >= 11 is 1.79. The molecule has 0 aromatic rings. The van der Waals surface area contributed by atoms with Crippen molar-refractivity contribution in [3.05, 3.63) is 0 Å². The van der Waals surface area contributed by atoms with Crippen molar-refractivity contribution >= 4 is 27.6 Å². The Morgan fingerprint density at radius 2 is 2.00 bits per heavy atom.